The van der Waals surface area contributed by atoms with E-state index in [1.54, 1.807) is 0 Å². The number of carboxylic acids is 1. The zero-order valence-corrected chi connectivity index (χ0v) is 11.3. The molecular formula is C12H14FNO5S. The first kappa shape index (κ1) is 14.9. The number of ether oxygens (including phenoxy) is 1. The number of benzene rings is 1. The maximum atomic E-state index is 13.2. The molecule has 1 atom stereocenters. The molecule has 0 amide bonds. The number of aromatic carboxylic acids is 1. The minimum Gasteiger partial charge on any atom is -0.478 e. The van der Waals surface area contributed by atoms with E-state index in [0.717, 1.165) is 31.0 Å². The Morgan fingerprint density at radius 3 is 2.85 bits per heavy atom. The molecule has 1 aromatic carbocycles. The lowest BCUT2D eigenvalue weighted by Gasteiger charge is -2.11. The van der Waals surface area contributed by atoms with Gasteiger partial charge in [0.05, 0.1) is 16.6 Å². The topological polar surface area (TPSA) is 92.7 Å². The van der Waals surface area contributed by atoms with Crippen LogP contribution in [-0.2, 0) is 14.8 Å². The molecule has 1 fully saturated rings. The summed E-state index contributed by atoms with van der Waals surface area (Å²) in [4.78, 5) is 10.5. The standard InChI is InChI=1S/C12H14FNO5S/c13-11-4-3-9(6-10(11)12(15)16)20(17,18)14-7-8-2-1-5-19-8/h3-4,6,8,14H,1-2,5,7H2,(H,15,16)/t8-/m0/s1. The lowest BCUT2D eigenvalue weighted by atomic mass is 10.2. The summed E-state index contributed by atoms with van der Waals surface area (Å²) in [5, 5.41) is 8.78. The molecule has 1 aromatic rings. The third-order valence-electron chi connectivity index (χ3n) is 3.00. The fourth-order valence-corrected chi connectivity index (χ4v) is 3.02. The Hall–Kier alpha value is -1.51. The molecule has 2 N–H and O–H groups in total. The maximum absolute atomic E-state index is 13.2. The first-order valence-electron chi connectivity index (χ1n) is 6.04. The van der Waals surface area contributed by atoms with Crippen LogP contribution in [0.25, 0.3) is 0 Å². The van der Waals surface area contributed by atoms with Crippen LogP contribution in [-0.4, -0.2) is 38.7 Å². The van der Waals surface area contributed by atoms with Crippen molar-refractivity contribution in [1.29, 1.82) is 0 Å². The van der Waals surface area contributed by atoms with Gasteiger partial charge in [-0.25, -0.2) is 22.3 Å². The Balaban J connectivity index is 2.16. The summed E-state index contributed by atoms with van der Waals surface area (Å²) in [6.45, 7) is 0.716. The van der Waals surface area contributed by atoms with Crippen LogP contribution in [0.3, 0.4) is 0 Å². The highest BCUT2D eigenvalue weighted by Gasteiger charge is 2.22. The van der Waals surface area contributed by atoms with Gasteiger partial charge in [-0.1, -0.05) is 0 Å². The van der Waals surface area contributed by atoms with Crippen molar-refractivity contribution in [2.24, 2.45) is 0 Å². The van der Waals surface area contributed by atoms with Crippen LogP contribution >= 0.6 is 0 Å². The second-order valence-corrected chi connectivity index (χ2v) is 6.20. The second-order valence-electron chi connectivity index (χ2n) is 4.43. The molecule has 1 heterocycles. The van der Waals surface area contributed by atoms with Crippen LogP contribution in [0, 0.1) is 5.82 Å². The summed E-state index contributed by atoms with van der Waals surface area (Å²) < 4.78 is 44.8. The van der Waals surface area contributed by atoms with Gasteiger partial charge < -0.3 is 9.84 Å². The molecule has 0 unspecified atom stereocenters. The Morgan fingerprint density at radius 2 is 2.25 bits per heavy atom. The van der Waals surface area contributed by atoms with Gasteiger partial charge in [0.15, 0.2) is 0 Å². The van der Waals surface area contributed by atoms with Crippen molar-refractivity contribution in [2.45, 2.75) is 23.8 Å². The molecule has 0 aromatic heterocycles. The maximum Gasteiger partial charge on any atom is 0.338 e. The van der Waals surface area contributed by atoms with Crippen molar-refractivity contribution in [3.05, 3.63) is 29.6 Å². The van der Waals surface area contributed by atoms with E-state index in [1.165, 1.54) is 0 Å². The molecule has 0 bridgehead atoms. The van der Waals surface area contributed by atoms with Crippen LogP contribution in [0.4, 0.5) is 4.39 Å². The number of carbonyl (C=O) groups is 1. The number of sulfonamides is 1. The highest BCUT2D eigenvalue weighted by atomic mass is 32.2. The van der Waals surface area contributed by atoms with Crippen molar-refractivity contribution >= 4 is 16.0 Å². The van der Waals surface area contributed by atoms with Crippen molar-refractivity contribution in [3.8, 4) is 0 Å². The highest BCUT2D eigenvalue weighted by Crippen LogP contribution is 2.16. The molecular weight excluding hydrogens is 289 g/mol. The first-order valence-corrected chi connectivity index (χ1v) is 7.52. The Kier molecular flexibility index (Phi) is 4.36. The minimum atomic E-state index is -3.88. The first-order chi connectivity index (χ1) is 9.40. The smallest absolute Gasteiger partial charge is 0.338 e. The fraction of sp³-hybridized carbons (Fsp3) is 0.417. The summed E-state index contributed by atoms with van der Waals surface area (Å²) in [7, 11) is -3.88. The van der Waals surface area contributed by atoms with Crippen LogP contribution in [0.15, 0.2) is 23.1 Å². The van der Waals surface area contributed by atoms with E-state index in [9.17, 15) is 17.6 Å². The predicted octanol–water partition coefficient (Wildman–Crippen LogP) is 0.981. The number of halogens is 1. The van der Waals surface area contributed by atoms with Crippen LogP contribution in [0.2, 0.25) is 0 Å². The van der Waals surface area contributed by atoms with Gasteiger partial charge in [0.25, 0.3) is 0 Å². The van der Waals surface area contributed by atoms with E-state index in [1.807, 2.05) is 0 Å². The van der Waals surface area contributed by atoms with Crippen LogP contribution in [0.5, 0.6) is 0 Å². The number of carboxylic acid groups (broad SMARTS) is 1. The van der Waals surface area contributed by atoms with E-state index in [-0.39, 0.29) is 17.5 Å². The molecule has 1 saturated heterocycles. The van der Waals surface area contributed by atoms with E-state index in [0.29, 0.717) is 6.61 Å². The lowest BCUT2D eigenvalue weighted by molar-refractivity contribution is 0.0691. The molecule has 20 heavy (non-hydrogen) atoms. The zero-order chi connectivity index (χ0) is 14.8. The van der Waals surface area contributed by atoms with E-state index in [2.05, 4.69) is 4.72 Å². The van der Waals surface area contributed by atoms with Gasteiger partial charge in [0.1, 0.15) is 5.82 Å². The largest absolute Gasteiger partial charge is 0.478 e. The minimum absolute atomic E-state index is 0.113. The van der Waals surface area contributed by atoms with Gasteiger partial charge in [-0.05, 0) is 31.0 Å². The van der Waals surface area contributed by atoms with Gasteiger partial charge in [-0.15, -0.1) is 0 Å². The number of hydrogen-bond acceptors (Lipinski definition) is 4. The summed E-state index contributed by atoms with van der Waals surface area (Å²) in [6.07, 6.45) is 1.47. The predicted molar refractivity (Wildman–Crippen MR) is 67.5 cm³/mol. The SMILES string of the molecule is O=C(O)c1cc(S(=O)(=O)NC[C@@H]2CCCO2)ccc1F. The van der Waals surface area contributed by atoms with Crippen molar-refractivity contribution < 1.29 is 27.4 Å². The van der Waals surface area contributed by atoms with E-state index >= 15 is 0 Å². The average Bonchev–Trinajstić information content (AvgIpc) is 2.89. The third kappa shape index (κ3) is 3.33. The second kappa shape index (κ2) is 5.86. The lowest BCUT2D eigenvalue weighted by Crippen LogP contribution is -2.32. The van der Waals surface area contributed by atoms with Crippen LogP contribution in [0.1, 0.15) is 23.2 Å². The molecule has 6 nitrogen and oxygen atoms in total. The monoisotopic (exact) mass is 303 g/mol. The highest BCUT2D eigenvalue weighted by molar-refractivity contribution is 7.89. The van der Waals surface area contributed by atoms with Crippen molar-refractivity contribution in [3.63, 3.8) is 0 Å². The summed E-state index contributed by atoms with van der Waals surface area (Å²) in [5.41, 5.74) is -0.676. The molecule has 0 spiro atoms. The molecule has 0 saturated carbocycles. The van der Waals surface area contributed by atoms with Crippen LogP contribution < -0.4 is 4.72 Å². The molecule has 0 radical (unpaired) electrons. The van der Waals surface area contributed by atoms with Gasteiger partial charge in [-0.2, -0.15) is 0 Å². The molecule has 0 aliphatic carbocycles. The Labute approximate surface area is 115 Å². The quantitative estimate of drug-likeness (QED) is 0.846. The van der Waals surface area contributed by atoms with E-state index in [4.69, 9.17) is 9.84 Å². The van der Waals surface area contributed by atoms with Gasteiger partial charge in [-0.3, -0.25) is 0 Å². The van der Waals surface area contributed by atoms with Crippen molar-refractivity contribution in [2.75, 3.05) is 13.2 Å². The fourth-order valence-electron chi connectivity index (χ4n) is 1.93. The average molecular weight is 303 g/mol. The Morgan fingerprint density at radius 1 is 1.50 bits per heavy atom. The molecule has 1 aliphatic rings. The zero-order valence-electron chi connectivity index (χ0n) is 10.5. The molecule has 8 heteroatoms. The number of hydrogen-bond donors (Lipinski definition) is 2. The summed E-state index contributed by atoms with van der Waals surface area (Å²) >= 11 is 0. The normalized spacial score (nSPS) is 19.1. The Bertz CT molecular complexity index is 610. The molecule has 2 rings (SSSR count). The van der Waals surface area contributed by atoms with E-state index < -0.39 is 27.4 Å². The third-order valence-corrected chi connectivity index (χ3v) is 4.42. The number of nitrogens with one attached hydrogen (secondary N) is 1. The molecule has 110 valence electrons. The van der Waals surface area contributed by atoms with Gasteiger partial charge in [0, 0.05) is 13.2 Å². The summed E-state index contributed by atoms with van der Waals surface area (Å²) in [6, 6.07) is 2.65. The molecule has 1 aliphatic heterocycles. The van der Waals surface area contributed by atoms with Gasteiger partial charge >= 0.3 is 5.97 Å². The van der Waals surface area contributed by atoms with Crippen molar-refractivity contribution in [1.82, 2.24) is 4.72 Å². The summed E-state index contributed by atoms with van der Waals surface area (Å²) in [5.74, 6) is -2.49. The number of rotatable bonds is 5. The van der Waals surface area contributed by atoms with Gasteiger partial charge in [0.2, 0.25) is 10.0 Å².